The van der Waals surface area contributed by atoms with E-state index in [1.165, 1.54) is 5.57 Å². The molecule has 1 amide bonds. The molecule has 0 heterocycles. The van der Waals surface area contributed by atoms with Crippen molar-refractivity contribution in [2.75, 3.05) is 5.32 Å². The smallest absolute Gasteiger partial charge is 0.266 e. The van der Waals surface area contributed by atoms with Gasteiger partial charge in [0, 0.05) is 11.6 Å². The maximum Gasteiger partial charge on any atom is 0.266 e. The second kappa shape index (κ2) is 10.5. The first-order chi connectivity index (χ1) is 16.5. The van der Waals surface area contributed by atoms with Gasteiger partial charge in [0.05, 0.1) is 0 Å². The zero-order valence-corrected chi connectivity index (χ0v) is 19.3. The third-order valence-electron chi connectivity index (χ3n) is 5.89. The molecular formula is C30H26N2O2. The molecule has 0 bridgehead atoms. The minimum atomic E-state index is -0.413. The largest absolute Gasteiger partial charge is 0.489 e. The molecule has 1 atom stereocenters. The molecule has 0 spiro atoms. The zero-order valence-electron chi connectivity index (χ0n) is 19.3. The van der Waals surface area contributed by atoms with Gasteiger partial charge >= 0.3 is 0 Å². The van der Waals surface area contributed by atoms with Crippen LogP contribution >= 0.6 is 0 Å². The summed E-state index contributed by atoms with van der Waals surface area (Å²) >= 11 is 0. The van der Waals surface area contributed by atoms with Crippen LogP contribution in [0, 0.1) is 11.3 Å². The van der Waals surface area contributed by atoms with E-state index in [0.717, 1.165) is 28.0 Å². The molecule has 4 nitrogen and oxygen atoms in total. The molecule has 3 aromatic rings. The van der Waals surface area contributed by atoms with E-state index in [1.807, 2.05) is 79.7 Å². The lowest BCUT2D eigenvalue weighted by atomic mass is 9.89. The Bertz CT molecular complexity index is 1300. The van der Waals surface area contributed by atoms with Crippen molar-refractivity contribution in [3.05, 3.63) is 131 Å². The number of anilines is 1. The Morgan fingerprint density at radius 2 is 1.62 bits per heavy atom. The van der Waals surface area contributed by atoms with Crippen LogP contribution in [0.1, 0.15) is 30.9 Å². The Morgan fingerprint density at radius 1 is 0.971 bits per heavy atom. The quantitative estimate of drug-likeness (QED) is 0.324. The summed E-state index contributed by atoms with van der Waals surface area (Å²) in [5, 5.41) is 12.4. The Balaban J connectivity index is 1.49. The van der Waals surface area contributed by atoms with Gasteiger partial charge in [-0.2, -0.15) is 5.26 Å². The van der Waals surface area contributed by atoms with Crippen LogP contribution < -0.4 is 10.1 Å². The van der Waals surface area contributed by atoms with Crippen molar-refractivity contribution in [2.45, 2.75) is 26.4 Å². The predicted molar refractivity (Wildman–Crippen MR) is 135 cm³/mol. The van der Waals surface area contributed by atoms with Crippen molar-refractivity contribution >= 4 is 11.6 Å². The van der Waals surface area contributed by atoms with Crippen molar-refractivity contribution in [1.82, 2.24) is 0 Å². The molecule has 4 heteroatoms. The first-order valence-electron chi connectivity index (χ1n) is 11.2. The second-order valence-electron chi connectivity index (χ2n) is 8.29. The van der Waals surface area contributed by atoms with Gasteiger partial charge in [-0.05, 0) is 60.9 Å². The maximum atomic E-state index is 12.6. The van der Waals surface area contributed by atoms with Gasteiger partial charge in [0.15, 0.2) is 0 Å². The number of para-hydroxylation sites is 1. The van der Waals surface area contributed by atoms with E-state index in [1.54, 1.807) is 18.2 Å². The van der Waals surface area contributed by atoms with Crippen LogP contribution in [0.15, 0.2) is 119 Å². The Kier molecular flexibility index (Phi) is 7.05. The van der Waals surface area contributed by atoms with Crippen LogP contribution in [0.2, 0.25) is 0 Å². The predicted octanol–water partition coefficient (Wildman–Crippen LogP) is 6.71. The number of amides is 1. The number of benzene rings is 3. The van der Waals surface area contributed by atoms with Gasteiger partial charge in [-0.25, -0.2) is 0 Å². The van der Waals surface area contributed by atoms with Gasteiger partial charge in [0.1, 0.15) is 24.0 Å². The lowest BCUT2D eigenvalue weighted by Gasteiger charge is -2.16. The number of nitrogens with one attached hydrogen (secondary N) is 1. The Labute approximate surface area is 200 Å². The molecule has 3 aromatic carbocycles. The van der Waals surface area contributed by atoms with E-state index in [2.05, 4.69) is 24.4 Å². The molecule has 168 valence electrons. The molecule has 1 aliphatic rings. The summed E-state index contributed by atoms with van der Waals surface area (Å²) in [6.07, 6.45) is 3.72. The molecule has 0 saturated heterocycles. The highest BCUT2D eigenvalue weighted by molar-refractivity contribution is 6.07. The van der Waals surface area contributed by atoms with Crippen molar-refractivity contribution in [3.8, 4) is 11.8 Å². The van der Waals surface area contributed by atoms with Crippen LogP contribution in [0.3, 0.4) is 0 Å². The molecule has 0 aliphatic heterocycles. The third kappa shape index (κ3) is 5.33. The topological polar surface area (TPSA) is 62.1 Å². The highest BCUT2D eigenvalue weighted by atomic mass is 16.5. The summed E-state index contributed by atoms with van der Waals surface area (Å²) < 4.78 is 5.91. The van der Waals surface area contributed by atoms with Crippen LogP contribution in [0.5, 0.6) is 5.75 Å². The number of carbonyl (C=O) groups is 1. The normalized spacial score (nSPS) is 15.5. The van der Waals surface area contributed by atoms with E-state index in [-0.39, 0.29) is 11.5 Å². The highest BCUT2D eigenvalue weighted by Crippen LogP contribution is 2.40. The van der Waals surface area contributed by atoms with E-state index in [4.69, 9.17) is 4.74 Å². The number of hydrogen-bond donors (Lipinski definition) is 1. The van der Waals surface area contributed by atoms with Crippen molar-refractivity contribution in [2.24, 2.45) is 0 Å². The van der Waals surface area contributed by atoms with E-state index in [9.17, 15) is 10.1 Å². The fraction of sp³-hybridized carbons (Fsp3) is 0.133. The molecule has 0 fully saturated rings. The average molecular weight is 447 g/mol. The van der Waals surface area contributed by atoms with Crippen LogP contribution in [0.4, 0.5) is 5.69 Å². The van der Waals surface area contributed by atoms with Gasteiger partial charge in [0.25, 0.3) is 5.91 Å². The van der Waals surface area contributed by atoms with Crippen LogP contribution in [-0.4, -0.2) is 5.91 Å². The molecule has 0 aromatic heterocycles. The number of nitriles is 1. The summed E-state index contributed by atoms with van der Waals surface area (Å²) in [6, 6.07) is 29.4. The number of nitrogens with zero attached hydrogens (tertiary/aromatic N) is 1. The molecule has 4 rings (SSSR count). The van der Waals surface area contributed by atoms with Crippen molar-refractivity contribution in [1.29, 1.82) is 5.26 Å². The van der Waals surface area contributed by atoms with Crippen molar-refractivity contribution in [3.63, 3.8) is 0 Å². The zero-order chi connectivity index (χ0) is 23.9. The molecule has 1 N–H and O–H groups in total. The van der Waals surface area contributed by atoms with E-state index >= 15 is 0 Å². The lowest BCUT2D eigenvalue weighted by Crippen LogP contribution is -2.13. The molecular weight excluding hydrogens is 420 g/mol. The van der Waals surface area contributed by atoms with Gasteiger partial charge in [-0.15, -0.1) is 0 Å². The lowest BCUT2D eigenvalue weighted by molar-refractivity contribution is -0.112. The number of hydrogen-bond acceptors (Lipinski definition) is 3. The fourth-order valence-corrected chi connectivity index (χ4v) is 4.14. The first kappa shape index (κ1) is 22.8. The third-order valence-corrected chi connectivity index (χ3v) is 5.89. The molecule has 0 saturated carbocycles. The molecule has 0 unspecified atom stereocenters. The maximum absolute atomic E-state index is 12.6. The monoisotopic (exact) mass is 446 g/mol. The number of carbonyl (C=O) groups excluding carboxylic acids is 1. The summed E-state index contributed by atoms with van der Waals surface area (Å²) in [5.74, 6) is 0.508. The Morgan fingerprint density at radius 3 is 2.26 bits per heavy atom. The van der Waals surface area contributed by atoms with Gasteiger partial charge in [0.2, 0.25) is 0 Å². The highest BCUT2D eigenvalue weighted by Gasteiger charge is 2.24. The van der Waals surface area contributed by atoms with Crippen molar-refractivity contribution < 1.29 is 9.53 Å². The second-order valence-corrected chi connectivity index (χ2v) is 8.29. The fourth-order valence-electron chi connectivity index (χ4n) is 4.14. The average Bonchev–Trinajstić information content (AvgIpc) is 3.15. The molecule has 1 aliphatic carbocycles. The van der Waals surface area contributed by atoms with E-state index < -0.39 is 5.91 Å². The SMILES string of the molecule is CC1=CC(/C=C(/C#N)C(=O)Nc2ccccc2)=C(C)[C@@H]1c1ccc(OCc2ccccc2)cc1. The van der Waals surface area contributed by atoms with E-state index in [0.29, 0.717) is 12.3 Å². The van der Waals surface area contributed by atoms with Crippen LogP contribution in [-0.2, 0) is 11.4 Å². The van der Waals surface area contributed by atoms with Crippen LogP contribution in [0.25, 0.3) is 0 Å². The number of rotatable bonds is 7. The molecule has 34 heavy (non-hydrogen) atoms. The Hall–Kier alpha value is -4.36. The standard InChI is InChI=1S/C30H26N2O2/c1-21-17-25(18-26(19-31)30(33)32-27-11-7-4-8-12-27)22(2)29(21)24-13-15-28(16-14-24)34-20-23-9-5-3-6-10-23/h3-18,29H,20H2,1-2H3,(H,32,33)/b26-18-/t29-/m1/s1. The number of ether oxygens (including phenoxy) is 1. The minimum Gasteiger partial charge on any atom is -0.489 e. The van der Waals surface area contributed by atoms with Gasteiger partial charge in [-0.3, -0.25) is 4.79 Å². The summed E-state index contributed by atoms with van der Waals surface area (Å²) in [7, 11) is 0. The molecule has 0 radical (unpaired) electrons. The summed E-state index contributed by atoms with van der Waals surface area (Å²) in [6.45, 7) is 4.65. The first-order valence-corrected chi connectivity index (χ1v) is 11.2. The number of allylic oxidation sites excluding steroid dienone is 5. The minimum absolute atomic E-state index is 0.0764. The van der Waals surface area contributed by atoms with Gasteiger partial charge in [-0.1, -0.05) is 77.9 Å². The van der Waals surface area contributed by atoms with Gasteiger partial charge < -0.3 is 10.1 Å². The summed E-state index contributed by atoms with van der Waals surface area (Å²) in [4.78, 5) is 12.6. The summed E-state index contributed by atoms with van der Waals surface area (Å²) in [5.41, 5.74) is 6.18.